The molecule has 0 unspecified atom stereocenters. The van der Waals surface area contributed by atoms with Crippen LogP contribution in [0.5, 0.6) is 0 Å². The predicted octanol–water partition coefficient (Wildman–Crippen LogP) is 3.24. The minimum atomic E-state index is -3.57. The third-order valence-electron chi connectivity index (χ3n) is 6.65. The zero-order valence-electron chi connectivity index (χ0n) is 19.6. The third kappa shape index (κ3) is 5.75. The minimum Gasteiger partial charge on any atom is -0.379 e. The van der Waals surface area contributed by atoms with Crippen LogP contribution in [0.4, 0.5) is 0 Å². The Morgan fingerprint density at radius 3 is 2.58 bits per heavy atom. The van der Waals surface area contributed by atoms with Crippen molar-refractivity contribution in [3.8, 4) is 0 Å². The van der Waals surface area contributed by atoms with E-state index >= 15 is 0 Å². The van der Waals surface area contributed by atoms with Gasteiger partial charge in [0.2, 0.25) is 15.9 Å². The standard InChI is InChI=1S/C24H36N4O4S/c1-2-13-28-22-10-9-20(33(30,31)27-14-16-32-17-15-27)18-21(22)26-23(28)11-12-24(29)25-19-7-5-3-4-6-8-19/h9-10,18-19H,2-8,11-17H2,1H3,(H,25,29). The molecule has 4 rings (SSSR count). The van der Waals surface area contributed by atoms with E-state index in [0.29, 0.717) is 50.7 Å². The van der Waals surface area contributed by atoms with Crippen molar-refractivity contribution >= 4 is 27.0 Å². The van der Waals surface area contributed by atoms with E-state index in [1.54, 1.807) is 12.1 Å². The summed E-state index contributed by atoms with van der Waals surface area (Å²) in [5.41, 5.74) is 1.58. The average Bonchev–Trinajstić information content (AvgIpc) is 2.97. The number of rotatable bonds is 8. The Morgan fingerprint density at radius 2 is 1.88 bits per heavy atom. The van der Waals surface area contributed by atoms with Gasteiger partial charge in [-0.05, 0) is 37.5 Å². The van der Waals surface area contributed by atoms with Gasteiger partial charge in [0.15, 0.2) is 0 Å². The van der Waals surface area contributed by atoms with Gasteiger partial charge in [-0.3, -0.25) is 4.79 Å². The molecule has 1 N–H and O–H groups in total. The van der Waals surface area contributed by atoms with Crippen molar-refractivity contribution < 1.29 is 17.9 Å². The number of imidazole rings is 1. The molecule has 1 saturated carbocycles. The highest BCUT2D eigenvalue weighted by Gasteiger charge is 2.27. The maximum absolute atomic E-state index is 13.1. The molecule has 1 aliphatic carbocycles. The number of benzene rings is 1. The van der Waals surface area contributed by atoms with Crippen molar-refractivity contribution in [2.75, 3.05) is 26.3 Å². The van der Waals surface area contributed by atoms with Gasteiger partial charge >= 0.3 is 0 Å². The molecule has 1 amide bonds. The maximum Gasteiger partial charge on any atom is 0.243 e. The molecular weight excluding hydrogens is 440 g/mol. The average molecular weight is 477 g/mol. The number of ether oxygens (including phenoxy) is 1. The topological polar surface area (TPSA) is 93.5 Å². The molecule has 2 fully saturated rings. The minimum absolute atomic E-state index is 0.0765. The van der Waals surface area contributed by atoms with Crippen LogP contribution in [0, 0.1) is 0 Å². The van der Waals surface area contributed by atoms with Gasteiger partial charge in [-0.15, -0.1) is 0 Å². The summed E-state index contributed by atoms with van der Waals surface area (Å²) in [6.07, 6.45) is 8.90. The number of carbonyl (C=O) groups excluding carboxylic acids is 1. The molecule has 9 heteroatoms. The van der Waals surface area contributed by atoms with E-state index < -0.39 is 10.0 Å². The van der Waals surface area contributed by atoms with E-state index in [1.165, 1.54) is 30.0 Å². The summed E-state index contributed by atoms with van der Waals surface area (Å²) >= 11 is 0. The van der Waals surface area contributed by atoms with Crippen molar-refractivity contribution in [1.82, 2.24) is 19.2 Å². The quantitative estimate of drug-likeness (QED) is 0.591. The molecule has 0 radical (unpaired) electrons. The van der Waals surface area contributed by atoms with Gasteiger partial charge in [0.05, 0.1) is 29.1 Å². The molecule has 1 saturated heterocycles. The molecular formula is C24H36N4O4S. The number of sulfonamides is 1. The third-order valence-corrected chi connectivity index (χ3v) is 8.54. The van der Waals surface area contributed by atoms with E-state index in [2.05, 4.69) is 16.8 Å². The van der Waals surface area contributed by atoms with Gasteiger partial charge in [0, 0.05) is 38.5 Å². The zero-order chi connectivity index (χ0) is 23.3. The monoisotopic (exact) mass is 476 g/mol. The first kappa shape index (κ1) is 24.2. The lowest BCUT2D eigenvalue weighted by molar-refractivity contribution is -0.121. The van der Waals surface area contributed by atoms with Crippen molar-refractivity contribution in [1.29, 1.82) is 0 Å². The summed E-state index contributed by atoms with van der Waals surface area (Å²) in [7, 11) is -3.57. The van der Waals surface area contributed by atoms with E-state index in [0.717, 1.165) is 37.1 Å². The number of aromatic nitrogens is 2. The van der Waals surface area contributed by atoms with Crippen LogP contribution >= 0.6 is 0 Å². The summed E-state index contributed by atoms with van der Waals surface area (Å²) in [5, 5.41) is 3.21. The zero-order valence-corrected chi connectivity index (χ0v) is 20.4. The van der Waals surface area contributed by atoms with Crippen LogP contribution in [0.3, 0.4) is 0 Å². The number of aryl methyl sites for hydroxylation is 2. The van der Waals surface area contributed by atoms with E-state index in [-0.39, 0.29) is 10.8 Å². The van der Waals surface area contributed by atoms with Crippen LogP contribution in [0.25, 0.3) is 11.0 Å². The fourth-order valence-electron chi connectivity index (χ4n) is 4.87. The molecule has 0 atom stereocenters. The molecule has 2 aliphatic rings. The fraction of sp³-hybridized carbons (Fsp3) is 0.667. The largest absolute Gasteiger partial charge is 0.379 e. The lowest BCUT2D eigenvalue weighted by Gasteiger charge is -2.26. The van der Waals surface area contributed by atoms with Crippen molar-refractivity contribution in [3.05, 3.63) is 24.0 Å². The first-order valence-corrected chi connectivity index (χ1v) is 13.8. The number of carbonyl (C=O) groups is 1. The van der Waals surface area contributed by atoms with Gasteiger partial charge in [0.25, 0.3) is 0 Å². The van der Waals surface area contributed by atoms with Gasteiger partial charge in [0.1, 0.15) is 5.82 Å². The summed E-state index contributed by atoms with van der Waals surface area (Å²) in [5.74, 6) is 0.913. The van der Waals surface area contributed by atoms with Crippen LogP contribution in [-0.2, 0) is 32.5 Å². The number of nitrogens with zero attached hydrogens (tertiary/aromatic N) is 3. The summed E-state index contributed by atoms with van der Waals surface area (Å²) in [6.45, 7) is 4.45. The molecule has 1 aliphatic heterocycles. The van der Waals surface area contributed by atoms with Crippen LogP contribution < -0.4 is 5.32 Å². The first-order valence-electron chi connectivity index (χ1n) is 12.4. The Hall–Kier alpha value is -1.97. The molecule has 2 aromatic rings. The summed E-state index contributed by atoms with van der Waals surface area (Å²) in [4.78, 5) is 17.6. The number of morpholine rings is 1. The number of amides is 1. The van der Waals surface area contributed by atoms with Gasteiger partial charge < -0.3 is 14.6 Å². The molecule has 182 valence electrons. The molecule has 33 heavy (non-hydrogen) atoms. The smallest absolute Gasteiger partial charge is 0.243 e. The van der Waals surface area contributed by atoms with E-state index in [1.807, 2.05) is 6.07 Å². The Balaban J connectivity index is 1.50. The molecule has 1 aromatic heterocycles. The van der Waals surface area contributed by atoms with Crippen LogP contribution in [0.1, 0.15) is 64.1 Å². The molecule has 0 spiro atoms. The molecule has 2 heterocycles. The van der Waals surface area contributed by atoms with Gasteiger partial charge in [-0.1, -0.05) is 32.6 Å². The number of hydrogen-bond acceptors (Lipinski definition) is 5. The normalized spacial score (nSPS) is 18.9. The Morgan fingerprint density at radius 1 is 1.15 bits per heavy atom. The summed E-state index contributed by atoms with van der Waals surface area (Å²) < 4.78 is 35.0. The van der Waals surface area contributed by atoms with Crippen molar-refractivity contribution in [2.24, 2.45) is 0 Å². The number of nitrogens with one attached hydrogen (secondary N) is 1. The lowest BCUT2D eigenvalue weighted by atomic mass is 10.1. The Kier molecular flexibility index (Phi) is 8.03. The highest BCUT2D eigenvalue weighted by Crippen LogP contribution is 2.24. The second kappa shape index (κ2) is 11.0. The number of hydrogen-bond donors (Lipinski definition) is 1. The van der Waals surface area contributed by atoms with Crippen molar-refractivity contribution in [2.45, 2.75) is 82.2 Å². The highest BCUT2D eigenvalue weighted by molar-refractivity contribution is 7.89. The van der Waals surface area contributed by atoms with E-state index in [9.17, 15) is 13.2 Å². The summed E-state index contributed by atoms with van der Waals surface area (Å²) in [6, 6.07) is 5.48. The Bertz CT molecular complexity index is 1050. The van der Waals surface area contributed by atoms with E-state index in [4.69, 9.17) is 9.72 Å². The van der Waals surface area contributed by atoms with Crippen molar-refractivity contribution in [3.63, 3.8) is 0 Å². The van der Waals surface area contributed by atoms with Gasteiger partial charge in [-0.2, -0.15) is 4.31 Å². The molecule has 0 bridgehead atoms. The predicted molar refractivity (Wildman–Crippen MR) is 128 cm³/mol. The first-order chi connectivity index (χ1) is 16.0. The fourth-order valence-corrected chi connectivity index (χ4v) is 6.30. The van der Waals surface area contributed by atoms with Gasteiger partial charge in [-0.25, -0.2) is 13.4 Å². The van der Waals surface area contributed by atoms with Crippen LogP contribution in [0.15, 0.2) is 23.1 Å². The van der Waals surface area contributed by atoms with Crippen LogP contribution in [0.2, 0.25) is 0 Å². The second-order valence-corrected chi connectivity index (χ2v) is 11.0. The second-order valence-electron chi connectivity index (χ2n) is 9.10. The molecule has 1 aromatic carbocycles. The highest BCUT2D eigenvalue weighted by atomic mass is 32.2. The Labute approximate surface area is 196 Å². The van der Waals surface area contributed by atoms with Crippen LogP contribution in [-0.4, -0.2) is 60.5 Å². The maximum atomic E-state index is 13.1. The molecule has 8 nitrogen and oxygen atoms in total. The lowest BCUT2D eigenvalue weighted by Crippen LogP contribution is -2.40. The number of fused-ring (bicyclic) bond motifs is 1. The SMILES string of the molecule is CCCn1c(CCC(=O)NC2CCCCCC2)nc2cc(S(=O)(=O)N3CCOCC3)ccc21.